The topological polar surface area (TPSA) is 50.7 Å². The summed E-state index contributed by atoms with van der Waals surface area (Å²) in [7, 11) is 0. The molecule has 2 aromatic rings. The average molecular weight is 324 g/mol. The highest BCUT2D eigenvalue weighted by Gasteiger charge is 2.06. The number of ether oxygens (including phenoxy) is 1. The number of nitrogens with one attached hydrogen (secondary N) is 1. The monoisotopic (exact) mass is 324 g/mol. The molecule has 0 aromatic heterocycles. The van der Waals surface area contributed by atoms with Crippen LogP contribution in [0.1, 0.15) is 36.1 Å². The van der Waals surface area contributed by atoms with Crippen molar-refractivity contribution in [3.05, 3.63) is 64.7 Å². The molecule has 126 valence electrons. The summed E-state index contributed by atoms with van der Waals surface area (Å²) in [5, 5.41) is 4.23. The predicted molar refractivity (Wildman–Crippen MR) is 97.6 cm³/mol. The maximum Gasteiger partial charge on any atom is 0.244 e. The van der Waals surface area contributed by atoms with Gasteiger partial charge in [0.15, 0.2) is 0 Å². The molecule has 1 amide bonds. The lowest BCUT2D eigenvalue weighted by atomic mass is 10.0. The van der Waals surface area contributed by atoms with Crippen molar-refractivity contribution >= 4 is 11.6 Å². The molecule has 0 aliphatic rings. The summed E-state index contributed by atoms with van der Waals surface area (Å²) in [4.78, 5) is 12.1. The van der Waals surface area contributed by atoms with Crippen molar-refractivity contribution in [3.8, 4) is 5.75 Å². The van der Waals surface area contributed by atoms with Gasteiger partial charge in [0.05, 0.1) is 18.7 Å². The van der Waals surface area contributed by atoms with Crippen molar-refractivity contribution in [1.29, 1.82) is 0 Å². The number of carbonyl (C=O) groups excluding carboxylic acids is 1. The smallest absolute Gasteiger partial charge is 0.244 e. The van der Waals surface area contributed by atoms with E-state index in [1.807, 2.05) is 52.0 Å². The maximum absolute atomic E-state index is 12.1. The summed E-state index contributed by atoms with van der Waals surface area (Å²) in [5.74, 6) is 0.675. The number of aryl methyl sites for hydroxylation is 2. The minimum atomic E-state index is -0.135. The van der Waals surface area contributed by atoms with Crippen LogP contribution in [-0.2, 0) is 11.2 Å². The first-order chi connectivity index (χ1) is 11.5. The summed E-state index contributed by atoms with van der Waals surface area (Å²) in [6.07, 6.45) is 0.288. The molecule has 0 unspecified atom stereocenters. The van der Waals surface area contributed by atoms with Crippen molar-refractivity contribution < 1.29 is 9.53 Å². The van der Waals surface area contributed by atoms with Gasteiger partial charge < -0.3 is 4.74 Å². The molecule has 0 bridgehead atoms. The summed E-state index contributed by atoms with van der Waals surface area (Å²) in [6, 6.07) is 13.7. The third-order valence-corrected chi connectivity index (χ3v) is 3.73. The normalized spacial score (nSPS) is 11.2. The second-order valence-electron chi connectivity index (χ2n) is 5.80. The number of rotatable bonds is 6. The van der Waals surface area contributed by atoms with E-state index in [-0.39, 0.29) is 12.3 Å². The zero-order valence-corrected chi connectivity index (χ0v) is 14.7. The molecule has 4 nitrogen and oxygen atoms in total. The first kappa shape index (κ1) is 17.7. The van der Waals surface area contributed by atoms with Crippen LogP contribution in [-0.4, -0.2) is 18.2 Å². The molecule has 2 rings (SSSR count). The standard InChI is InChI=1S/C20H24N2O2/c1-5-24-18-10-8-17(9-11-18)13-20(23)22-21-16(4)19-12-14(2)6-7-15(19)3/h6-12H,5,13H2,1-4H3,(H,22,23)/b21-16-. The Bertz CT molecular complexity index is 734. The van der Waals surface area contributed by atoms with Crippen molar-refractivity contribution in [3.63, 3.8) is 0 Å². The summed E-state index contributed by atoms with van der Waals surface area (Å²) in [6.45, 7) is 8.55. The van der Waals surface area contributed by atoms with Gasteiger partial charge in [-0.3, -0.25) is 4.79 Å². The van der Waals surface area contributed by atoms with E-state index in [0.29, 0.717) is 6.61 Å². The van der Waals surface area contributed by atoms with Crippen LogP contribution < -0.4 is 10.2 Å². The van der Waals surface area contributed by atoms with Gasteiger partial charge in [-0.05, 0) is 57.0 Å². The maximum atomic E-state index is 12.1. The van der Waals surface area contributed by atoms with Gasteiger partial charge in [-0.2, -0.15) is 5.10 Å². The molecule has 0 aliphatic carbocycles. The fourth-order valence-corrected chi connectivity index (χ4v) is 2.43. The lowest BCUT2D eigenvalue weighted by molar-refractivity contribution is -0.120. The molecule has 4 heteroatoms. The highest BCUT2D eigenvalue weighted by Crippen LogP contribution is 2.13. The first-order valence-electron chi connectivity index (χ1n) is 8.12. The van der Waals surface area contributed by atoms with Gasteiger partial charge in [0.2, 0.25) is 5.91 Å². The first-order valence-corrected chi connectivity index (χ1v) is 8.12. The number of amides is 1. The van der Waals surface area contributed by atoms with Crippen LogP contribution >= 0.6 is 0 Å². The zero-order valence-electron chi connectivity index (χ0n) is 14.7. The van der Waals surface area contributed by atoms with E-state index < -0.39 is 0 Å². The van der Waals surface area contributed by atoms with Gasteiger partial charge in [-0.1, -0.05) is 29.8 Å². The Morgan fingerprint density at radius 1 is 1.12 bits per heavy atom. The minimum absolute atomic E-state index is 0.135. The molecule has 1 N–H and O–H groups in total. The Hall–Kier alpha value is -2.62. The van der Waals surface area contributed by atoms with E-state index in [0.717, 1.165) is 28.2 Å². The van der Waals surface area contributed by atoms with Gasteiger partial charge in [0.1, 0.15) is 5.75 Å². The van der Waals surface area contributed by atoms with Crippen LogP contribution in [0.5, 0.6) is 5.75 Å². The van der Waals surface area contributed by atoms with Crippen LogP contribution in [0.4, 0.5) is 0 Å². The Morgan fingerprint density at radius 3 is 2.50 bits per heavy atom. The fourth-order valence-electron chi connectivity index (χ4n) is 2.43. The van der Waals surface area contributed by atoms with E-state index in [1.165, 1.54) is 5.56 Å². The van der Waals surface area contributed by atoms with E-state index in [2.05, 4.69) is 28.7 Å². The molecule has 0 heterocycles. The molecule has 0 saturated heterocycles. The molecule has 0 spiro atoms. The Labute approximate surface area is 143 Å². The van der Waals surface area contributed by atoms with Gasteiger partial charge in [-0.25, -0.2) is 5.43 Å². The quantitative estimate of drug-likeness (QED) is 0.649. The third kappa shape index (κ3) is 4.95. The number of benzene rings is 2. The predicted octanol–water partition coefficient (Wildman–Crippen LogP) is 3.79. The van der Waals surface area contributed by atoms with E-state index in [1.54, 1.807) is 0 Å². The number of hydrogen-bond acceptors (Lipinski definition) is 3. The Morgan fingerprint density at radius 2 is 1.83 bits per heavy atom. The summed E-state index contributed by atoms with van der Waals surface area (Å²) in [5.41, 5.74) is 7.73. The number of carbonyl (C=O) groups is 1. The van der Waals surface area contributed by atoms with E-state index in [9.17, 15) is 4.79 Å². The van der Waals surface area contributed by atoms with Gasteiger partial charge in [0.25, 0.3) is 0 Å². The molecule has 24 heavy (non-hydrogen) atoms. The van der Waals surface area contributed by atoms with Crippen LogP contribution in [0, 0.1) is 13.8 Å². The van der Waals surface area contributed by atoms with Gasteiger partial charge in [-0.15, -0.1) is 0 Å². The molecule has 0 fully saturated rings. The van der Waals surface area contributed by atoms with E-state index in [4.69, 9.17) is 4.74 Å². The highest BCUT2D eigenvalue weighted by molar-refractivity contribution is 6.00. The van der Waals surface area contributed by atoms with Crippen LogP contribution in [0.25, 0.3) is 0 Å². The number of hydrazone groups is 1. The Kier molecular flexibility index (Phi) is 6.13. The van der Waals surface area contributed by atoms with Gasteiger partial charge in [0, 0.05) is 5.56 Å². The molecule has 0 atom stereocenters. The van der Waals surface area contributed by atoms with Crippen LogP contribution in [0.15, 0.2) is 47.6 Å². The average Bonchev–Trinajstić information content (AvgIpc) is 2.57. The fraction of sp³-hybridized carbons (Fsp3) is 0.300. The second kappa shape index (κ2) is 8.29. The highest BCUT2D eigenvalue weighted by atomic mass is 16.5. The molecule has 0 saturated carbocycles. The third-order valence-electron chi connectivity index (χ3n) is 3.73. The number of hydrogen-bond donors (Lipinski definition) is 1. The summed E-state index contributed by atoms with van der Waals surface area (Å²) >= 11 is 0. The molecule has 2 aromatic carbocycles. The summed E-state index contributed by atoms with van der Waals surface area (Å²) < 4.78 is 5.39. The van der Waals surface area contributed by atoms with Crippen LogP contribution in [0.2, 0.25) is 0 Å². The zero-order chi connectivity index (χ0) is 17.5. The van der Waals surface area contributed by atoms with Crippen molar-refractivity contribution in [2.75, 3.05) is 6.61 Å². The van der Waals surface area contributed by atoms with Gasteiger partial charge >= 0.3 is 0 Å². The molecular formula is C20H24N2O2. The number of nitrogens with zero attached hydrogens (tertiary/aromatic N) is 1. The van der Waals surface area contributed by atoms with Crippen molar-refractivity contribution in [1.82, 2.24) is 5.43 Å². The van der Waals surface area contributed by atoms with Crippen molar-refractivity contribution in [2.24, 2.45) is 5.10 Å². The molecule has 0 aliphatic heterocycles. The lowest BCUT2D eigenvalue weighted by Gasteiger charge is -2.08. The Balaban J connectivity index is 1.97. The van der Waals surface area contributed by atoms with Crippen LogP contribution in [0.3, 0.4) is 0 Å². The second-order valence-corrected chi connectivity index (χ2v) is 5.80. The van der Waals surface area contributed by atoms with E-state index >= 15 is 0 Å². The van der Waals surface area contributed by atoms with Crippen molar-refractivity contribution in [2.45, 2.75) is 34.1 Å². The minimum Gasteiger partial charge on any atom is -0.494 e. The lowest BCUT2D eigenvalue weighted by Crippen LogP contribution is -2.21. The molecule has 0 radical (unpaired) electrons. The SMILES string of the molecule is CCOc1ccc(CC(=O)N/N=C(/C)c2cc(C)ccc2C)cc1. The largest absolute Gasteiger partial charge is 0.494 e. The molecular weight excluding hydrogens is 300 g/mol.